The smallest absolute Gasteiger partial charge is 0.156 e. The molecule has 1 saturated heterocycles. The Kier molecular flexibility index (Phi) is 5.67. The van der Waals surface area contributed by atoms with E-state index >= 15 is 0 Å². The molecule has 5 nitrogen and oxygen atoms in total. The van der Waals surface area contributed by atoms with Crippen molar-refractivity contribution < 1.29 is 9.87 Å². The van der Waals surface area contributed by atoms with Gasteiger partial charge in [0, 0.05) is 24.7 Å². The Balaban J connectivity index is 0.00000105. The van der Waals surface area contributed by atoms with Crippen molar-refractivity contribution in [3.05, 3.63) is 42.0 Å². The van der Waals surface area contributed by atoms with E-state index < -0.39 is 0 Å². The molecule has 27 heavy (non-hydrogen) atoms. The molecule has 144 valence electrons. The van der Waals surface area contributed by atoms with E-state index in [0.717, 1.165) is 47.0 Å². The molecule has 7 heteroatoms. The summed E-state index contributed by atoms with van der Waals surface area (Å²) in [6.45, 7) is 2.11. The van der Waals surface area contributed by atoms with Gasteiger partial charge in [-0.25, -0.2) is 14.4 Å². The molecule has 0 spiro atoms. The summed E-state index contributed by atoms with van der Waals surface area (Å²) in [5.41, 5.74) is 3.91. The lowest BCUT2D eigenvalue weighted by Gasteiger charge is -2.28. The van der Waals surface area contributed by atoms with Gasteiger partial charge in [0.25, 0.3) is 0 Å². The molecular weight excluding hydrogens is 367 g/mol. The summed E-state index contributed by atoms with van der Waals surface area (Å²) < 4.78 is 13.2. The van der Waals surface area contributed by atoms with Gasteiger partial charge < -0.3 is 15.4 Å². The van der Waals surface area contributed by atoms with Crippen LogP contribution in [0.3, 0.4) is 0 Å². The Morgan fingerprint density at radius 1 is 1.00 bits per heavy atom. The second-order valence-electron chi connectivity index (χ2n) is 7.18. The topological polar surface area (TPSA) is 76.3 Å². The molecular formula is C20H24ClFN4O. The molecule has 1 aliphatic carbocycles. The first kappa shape index (κ1) is 19.6. The van der Waals surface area contributed by atoms with E-state index in [0.29, 0.717) is 5.92 Å². The second-order valence-corrected chi connectivity index (χ2v) is 7.18. The van der Waals surface area contributed by atoms with Gasteiger partial charge in [-0.2, -0.15) is 0 Å². The fraction of sp³-hybridized carbons (Fsp3) is 0.400. The maximum Gasteiger partial charge on any atom is 0.156 e. The number of piperidine rings is 1. The first-order chi connectivity index (χ1) is 12.3. The molecule has 3 aromatic rings. The van der Waals surface area contributed by atoms with E-state index in [1.807, 2.05) is 0 Å². The summed E-state index contributed by atoms with van der Waals surface area (Å²) in [5.74, 6) is 2.33. The fourth-order valence-electron chi connectivity index (χ4n) is 3.66. The second kappa shape index (κ2) is 7.82. The van der Waals surface area contributed by atoms with Crippen molar-refractivity contribution in [2.75, 3.05) is 18.0 Å². The zero-order valence-electron chi connectivity index (χ0n) is 15.0. The Labute approximate surface area is 163 Å². The lowest BCUT2D eigenvalue weighted by atomic mass is 10.1. The molecule has 0 radical (unpaired) electrons. The van der Waals surface area contributed by atoms with Gasteiger partial charge in [-0.1, -0.05) is 0 Å². The van der Waals surface area contributed by atoms with Gasteiger partial charge in [0.2, 0.25) is 0 Å². The number of halogens is 2. The minimum atomic E-state index is -0.218. The van der Waals surface area contributed by atoms with E-state index in [-0.39, 0.29) is 23.7 Å². The SMILES string of the molecule is Cl.Fc1ccc(-c2cc3nc(C4CC4)nc(N4CCCCC4)c3[nH]2)cc1.O. The van der Waals surface area contributed by atoms with Gasteiger partial charge in [0.05, 0.1) is 5.52 Å². The predicted molar refractivity (Wildman–Crippen MR) is 108 cm³/mol. The third-order valence-electron chi connectivity index (χ3n) is 5.23. The Bertz CT molecular complexity index is 918. The summed E-state index contributed by atoms with van der Waals surface area (Å²) in [6.07, 6.45) is 6.12. The number of nitrogens with one attached hydrogen (secondary N) is 1. The molecule has 2 aliphatic rings. The predicted octanol–water partition coefficient (Wildman–Crippen LogP) is 4.23. The molecule has 3 heterocycles. The average Bonchev–Trinajstić information content (AvgIpc) is 3.41. The third kappa shape index (κ3) is 3.77. The fourth-order valence-corrected chi connectivity index (χ4v) is 3.66. The summed E-state index contributed by atoms with van der Waals surface area (Å²) in [4.78, 5) is 15.6. The number of hydrogen-bond donors (Lipinski definition) is 1. The number of aromatic nitrogens is 3. The van der Waals surface area contributed by atoms with Crippen LogP contribution in [0.5, 0.6) is 0 Å². The van der Waals surface area contributed by atoms with E-state index in [1.54, 1.807) is 12.1 Å². The zero-order chi connectivity index (χ0) is 16.8. The van der Waals surface area contributed by atoms with Crippen LogP contribution in [0.4, 0.5) is 10.2 Å². The maximum atomic E-state index is 13.2. The molecule has 5 rings (SSSR count). The van der Waals surface area contributed by atoms with Crippen molar-refractivity contribution in [3.63, 3.8) is 0 Å². The lowest BCUT2D eigenvalue weighted by molar-refractivity contribution is 0.573. The normalized spacial score (nSPS) is 16.7. The number of fused-ring (bicyclic) bond motifs is 1. The van der Waals surface area contributed by atoms with Crippen LogP contribution in [0.2, 0.25) is 0 Å². The van der Waals surface area contributed by atoms with Gasteiger partial charge >= 0.3 is 0 Å². The molecule has 0 bridgehead atoms. The monoisotopic (exact) mass is 390 g/mol. The highest BCUT2D eigenvalue weighted by Gasteiger charge is 2.29. The van der Waals surface area contributed by atoms with Gasteiger partial charge in [0.15, 0.2) is 5.82 Å². The lowest BCUT2D eigenvalue weighted by Crippen LogP contribution is -2.30. The van der Waals surface area contributed by atoms with Crippen LogP contribution in [0.1, 0.15) is 43.8 Å². The van der Waals surface area contributed by atoms with Crippen LogP contribution in [-0.2, 0) is 0 Å². The molecule has 3 N–H and O–H groups in total. The molecule has 0 amide bonds. The molecule has 1 aromatic carbocycles. The molecule has 2 fully saturated rings. The van der Waals surface area contributed by atoms with Crippen molar-refractivity contribution in [2.24, 2.45) is 0 Å². The number of anilines is 1. The van der Waals surface area contributed by atoms with E-state index in [2.05, 4.69) is 16.0 Å². The standard InChI is InChI=1S/C20H21FN4.ClH.H2O/c21-15-8-6-13(7-9-15)16-12-17-18(22-16)20(25-10-2-1-3-11-25)24-19(23-17)14-4-5-14;;/h6-9,12,14,22H,1-5,10-11H2;1H;1H2. The maximum absolute atomic E-state index is 13.2. The van der Waals surface area contributed by atoms with E-state index in [1.165, 1.54) is 44.2 Å². The van der Waals surface area contributed by atoms with Gasteiger partial charge in [-0.3, -0.25) is 0 Å². The Morgan fingerprint density at radius 2 is 1.70 bits per heavy atom. The highest BCUT2D eigenvalue weighted by Crippen LogP contribution is 2.40. The number of benzene rings is 1. The van der Waals surface area contributed by atoms with Crippen molar-refractivity contribution in [1.82, 2.24) is 15.0 Å². The van der Waals surface area contributed by atoms with E-state index in [4.69, 9.17) is 9.97 Å². The van der Waals surface area contributed by atoms with Gasteiger partial charge in [0.1, 0.15) is 17.2 Å². The largest absolute Gasteiger partial charge is 0.412 e. The van der Waals surface area contributed by atoms with Crippen LogP contribution in [0.25, 0.3) is 22.3 Å². The molecule has 2 aromatic heterocycles. The van der Waals surface area contributed by atoms with Crippen molar-refractivity contribution in [3.8, 4) is 11.3 Å². The van der Waals surface area contributed by atoms with Crippen molar-refractivity contribution in [1.29, 1.82) is 0 Å². The van der Waals surface area contributed by atoms with Gasteiger partial charge in [-0.15, -0.1) is 12.4 Å². The van der Waals surface area contributed by atoms with Gasteiger partial charge in [-0.05, 0) is 68.0 Å². The molecule has 1 aliphatic heterocycles. The zero-order valence-corrected chi connectivity index (χ0v) is 15.9. The van der Waals surface area contributed by atoms with Crippen LogP contribution < -0.4 is 4.90 Å². The number of hydrogen-bond acceptors (Lipinski definition) is 3. The number of rotatable bonds is 3. The number of aromatic amines is 1. The van der Waals surface area contributed by atoms with Crippen molar-refractivity contribution >= 4 is 29.3 Å². The van der Waals surface area contributed by atoms with Crippen LogP contribution in [0, 0.1) is 5.82 Å². The summed E-state index contributed by atoms with van der Waals surface area (Å²) >= 11 is 0. The quantitative estimate of drug-likeness (QED) is 0.727. The highest BCUT2D eigenvalue weighted by atomic mass is 35.5. The van der Waals surface area contributed by atoms with Crippen LogP contribution in [-0.4, -0.2) is 33.5 Å². The third-order valence-corrected chi connectivity index (χ3v) is 5.23. The number of nitrogens with zero attached hydrogens (tertiary/aromatic N) is 3. The molecule has 0 unspecified atom stereocenters. The first-order valence-corrected chi connectivity index (χ1v) is 9.19. The molecule has 0 atom stereocenters. The summed E-state index contributed by atoms with van der Waals surface area (Å²) in [6, 6.07) is 8.66. The average molecular weight is 391 g/mol. The number of H-pyrrole nitrogens is 1. The van der Waals surface area contributed by atoms with Crippen LogP contribution >= 0.6 is 12.4 Å². The first-order valence-electron chi connectivity index (χ1n) is 9.19. The Hall–Kier alpha value is -2.18. The van der Waals surface area contributed by atoms with Crippen LogP contribution in [0.15, 0.2) is 30.3 Å². The Morgan fingerprint density at radius 3 is 2.37 bits per heavy atom. The molecule has 1 saturated carbocycles. The minimum Gasteiger partial charge on any atom is -0.412 e. The summed E-state index contributed by atoms with van der Waals surface area (Å²) in [5, 5.41) is 0. The minimum absolute atomic E-state index is 0. The van der Waals surface area contributed by atoms with Crippen molar-refractivity contribution in [2.45, 2.75) is 38.0 Å². The summed E-state index contributed by atoms with van der Waals surface area (Å²) in [7, 11) is 0. The van der Waals surface area contributed by atoms with E-state index in [9.17, 15) is 4.39 Å². The highest BCUT2D eigenvalue weighted by molar-refractivity contribution is 5.91.